The van der Waals surface area contributed by atoms with Crippen LogP contribution in [0.25, 0.3) is 0 Å². The average Bonchev–Trinajstić information content (AvgIpc) is 2.81. The van der Waals surface area contributed by atoms with Crippen molar-refractivity contribution in [1.82, 2.24) is 0 Å². The Hall–Kier alpha value is -1.21. The largest absolute Gasteiger partial charge is 0.366 e. The molecular weight excluding hydrogens is 317 g/mol. The Morgan fingerprint density at radius 3 is 2.84 bits per heavy atom. The topological polar surface area (TPSA) is 72.4 Å². The first-order valence-corrected chi connectivity index (χ1v) is 6.83. The van der Waals surface area contributed by atoms with E-state index in [1.165, 1.54) is 12.1 Å². The summed E-state index contributed by atoms with van der Waals surface area (Å²) >= 11 is 2.97. The van der Waals surface area contributed by atoms with Crippen molar-refractivity contribution in [2.45, 2.75) is 19.4 Å². The highest BCUT2D eigenvalue weighted by Crippen LogP contribution is 2.36. The Morgan fingerprint density at radius 2 is 2.32 bits per heavy atom. The molecule has 1 aliphatic heterocycles. The summed E-state index contributed by atoms with van der Waals surface area (Å²) < 4.78 is 13.7. The molecule has 19 heavy (non-hydrogen) atoms. The molecule has 1 saturated heterocycles. The van der Waals surface area contributed by atoms with Crippen molar-refractivity contribution in [2.24, 2.45) is 11.7 Å². The van der Waals surface area contributed by atoms with Crippen LogP contribution in [0.5, 0.6) is 0 Å². The van der Waals surface area contributed by atoms with Crippen LogP contribution in [0, 0.1) is 21.8 Å². The smallest absolute Gasteiger partial charge is 0.293 e. The Labute approximate surface area is 118 Å². The number of nitrogens with zero attached hydrogens (tertiary/aromatic N) is 2. The van der Waals surface area contributed by atoms with Crippen LogP contribution in [-0.4, -0.2) is 24.1 Å². The maximum absolute atomic E-state index is 13.6. The lowest BCUT2D eigenvalue weighted by atomic mass is 10.0. The van der Waals surface area contributed by atoms with Crippen molar-refractivity contribution in [3.05, 3.63) is 32.5 Å². The number of nitro benzene ring substituents is 1. The van der Waals surface area contributed by atoms with Gasteiger partial charge in [-0.1, -0.05) is 0 Å². The third-order valence-electron chi connectivity index (χ3n) is 3.52. The summed E-state index contributed by atoms with van der Waals surface area (Å²) in [6.45, 7) is 3.21. The monoisotopic (exact) mass is 331 g/mol. The van der Waals surface area contributed by atoms with E-state index >= 15 is 0 Å². The lowest BCUT2D eigenvalue weighted by Gasteiger charge is -2.20. The van der Waals surface area contributed by atoms with E-state index < -0.39 is 10.7 Å². The second-order valence-electron chi connectivity index (χ2n) is 4.87. The van der Waals surface area contributed by atoms with Gasteiger partial charge in [-0.2, -0.15) is 0 Å². The molecule has 1 aromatic rings. The Morgan fingerprint density at radius 1 is 1.63 bits per heavy atom. The lowest BCUT2D eigenvalue weighted by Crippen LogP contribution is -2.30. The van der Waals surface area contributed by atoms with Crippen LogP contribution >= 0.6 is 15.9 Å². The van der Waals surface area contributed by atoms with E-state index in [2.05, 4.69) is 15.9 Å². The van der Waals surface area contributed by atoms with Crippen LogP contribution in [-0.2, 0) is 0 Å². The molecule has 1 aromatic carbocycles. The van der Waals surface area contributed by atoms with Gasteiger partial charge in [-0.25, -0.2) is 4.39 Å². The molecule has 0 bridgehead atoms. The highest BCUT2D eigenvalue weighted by Gasteiger charge is 2.30. The number of halogens is 2. The quantitative estimate of drug-likeness (QED) is 0.682. The van der Waals surface area contributed by atoms with E-state index in [1.807, 2.05) is 11.8 Å². The van der Waals surface area contributed by atoms with Gasteiger partial charge < -0.3 is 10.6 Å². The van der Waals surface area contributed by atoms with Crippen LogP contribution in [0.3, 0.4) is 0 Å². The molecule has 0 aliphatic carbocycles. The minimum Gasteiger partial charge on any atom is -0.366 e. The maximum atomic E-state index is 13.6. The number of rotatable bonds is 3. The molecule has 0 spiro atoms. The zero-order chi connectivity index (χ0) is 14.2. The van der Waals surface area contributed by atoms with Crippen molar-refractivity contribution in [3.63, 3.8) is 0 Å². The second-order valence-corrected chi connectivity index (χ2v) is 5.72. The first-order valence-electron chi connectivity index (χ1n) is 6.04. The summed E-state index contributed by atoms with van der Waals surface area (Å²) in [4.78, 5) is 12.4. The number of nitro groups is 1. The van der Waals surface area contributed by atoms with Gasteiger partial charge in [-0.15, -0.1) is 0 Å². The highest BCUT2D eigenvalue weighted by atomic mass is 79.9. The fraction of sp³-hybridized carbons (Fsp3) is 0.500. The fourth-order valence-corrected chi connectivity index (χ4v) is 2.69. The Balaban J connectivity index is 2.34. The van der Waals surface area contributed by atoms with Crippen LogP contribution < -0.4 is 10.6 Å². The first-order chi connectivity index (χ1) is 8.90. The van der Waals surface area contributed by atoms with E-state index in [-0.39, 0.29) is 22.1 Å². The van der Waals surface area contributed by atoms with E-state index in [9.17, 15) is 14.5 Å². The van der Waals surface area contributed by atoms with Gasteiger partial charge in [0, 0.05) is 31.3 Å². The molecule has 1 fully saturated rings. The SMILES string of the molecule is CC(N)C1CCN(c2cc(F)c(Br)cc2[N+](=O)[O-])C1. The van der Waals surface area contributed by atoms with Crippen molar-refractivity contribution in [1.29, 1.82) is 0 Å². The minimum absolute atomic E-state index is 0.0318. The number of anilines is 1. The zero-order valence-electron chi connectivity index (χ0n) is 10.5. The Bertz CT molecular complexity index is 510. The molecule has 104 valence electrons. The molecule has 1 aliphatic rings. The molecular formula is C12H15BrFN3O2. The summed E-state index contributed by atoms with van der Waals surface area (Å²) in [6.07, 6.45) is 0.868. The predicted octanol–water partition coefficient (Wildman–Crippen LogP) is 2.67. The van der Waals surface area contributed by atoms with Gasteiger partial charge in [0.05, 0.1) is 9.40 Å². The third kappa shape index (κ3) is 2.87. The van der Waals surface area contributed by atoms with Crippen LogP contribution in [0.2, 0.25) is 0 Å². The molecule has 5 nitrogen and oxygen atoms in total. The van der Waals surface area contributed by atoms with Crippen molar-refractivity contribution in [2.75, 3.05) is 18.0 Å². The molecule has 0 aromatic heterocycles. The molecule has 2 N–H and O–H groups in total. The van der Waals surface area contributed by atoms with Crippen molar-refractivity contribution in [3.8, 4) is 0 Å². The van der Waals surface area contributed by atoms with Gasteiger partial charge in [0.15, 0.2) is 0 Å². The maximum Gasteiger partial charge on any atom is 0.293 e. The van der Waals surface area contributed by atoms with E-state index in [1.54, 1.807) is 0 Å². The highest BCUT2D eigenvalue weighted by molar-refractivity contribution is 9.10. The van der Waals surface area contributed by atoms with E-state index in [0.29, 0.717) is 18.8 Å². The zero-order valence-corrected chi connectivity index (χ0v) is 12.1. The number of benzene rings is 1. The summed E-state index contributed by atoms with van der Waals surface area (Å²) in [5, 5.41) is 11.1. The van der Waals surface area contributed by atoms with Gasteiger partial charge >= 0.3 is 0 Å². The number of nitrogens with two attached hydrogens (primary N) is 1. The predicted molar refractivity (Wildman–Crippen MR) is 74.7 cm³/mol. The molecule has 1 heterocycles. The van der Waals surface area contributed by atoms with Gasteiger partial charge in [-0.3, -0.25) is 10.1 Å². The van der Waals surface area contributed by atoms with Gasteiger partial charge in [0.25, 0.3) is 5.69 Å². The molecule has 2 unspecified atom stereocenters. The lowest BCUT2D eigenvalue weighted by molar-refractivity contribution is -0.384. The summed E-state index contributed by atoms with van der Waals surface area (Å²) in [7, 11) is 0. The van der Waals surface area contributed by atoms with Gasteiger partial charge in [0.1, 0.15) is 11.5 Å². The minimum atomic E-state index is -0.496. The average molecular weight is 332 g/mol. The summed E-state index contributed by atoms with van der Waals surface area (Å²) in [5.74, 6) is -0.212. The normalized spacial score (nSPS) is 20.6. The third-order valence-corrected chi connectivity index (χ3v) is 4.13. The van der Waals surface area contributed by atoms with Crippen LogP contribution in [0.1, 0.15) is 13.3 Å². The van der Waals surface area contributed by atoms with Crippen LogP contribution in [0.15, 0.2) is 16.6 Å². The van der Waals surface area contributed by atoms with Crippen LogP contribution in [0.4, 0.5) is 15.8 Å². The molecule has 0 amide bonds. The molecule has 2 atom stereocenters. The van der Waals surface area contributed by atoms with Gasteiger partial charge in [0.2, 0.25) is 0 Å². The fourth-order valence-electron chi connectivity index (χ4n) is 2.36. The van der Waals surface area contributed by atoms with E-state index in [4.69, 9.17) is 5.73 Å². The van der Waals surface area contributed by atoms with Gasteiger partial charge in [-0.05, 0) is 35.2 Å². The molecule has 7 heteroatoms. The summed E-state index contributed by atoms with van der Waals surface area (Å²) in [5.41, 5.74) is 6.09. The van der Waals surface area contributed by atoms with Crippen molar-refractivity contribution < 1.29 is 9.31 Å². The second kappa shape index (κ2) is 5.42. The molecule has 0 radical (unpaired) electrons. The summed E-state index contributed by atoms with van der Waals surface area (Å²) in [6, 6.07) is 2.46. The molecule has 0 saturated carbocycles. The Kier molecular flexibility index (Phi) is 4.05. The van der Waals surface area contributed by atoms with Crippen molar-refractivity contribution >= 4 is 27.3 Å². The standard InChI is InChI=1S/C12H15BrFN3O2/c1-7(15)8-2-3-16(6-8)11-5-10(14)9(13)4-12(11)17(18)19/h4-5,7-8H,2-3,6,15H2,1H3. The first kappa shape index (κ1) is 14.2. The number of hydrogen-bond acceptors (Lipinski definition) is 4. The van der Waals surface area contributed by atoms with E-state index in [0.717, 1.165) is 6.42 Å². The molecule has 2 rings (SSSR count). The number of hydrogen-bond donors (Lipinski definition) is 1.